The molecule has 15 aromatic rings. The summed E-state index contributed by atoms with van der Waals surface area (Å²) in [5.41, 5.74) is 34.3. The smallest absolute Gasteiger partial charge is 0.256 e. The lowest BCUT2D eigenvalue weighted by Gasteiger charge is -2.56. The summed E-state index contributed by atoms with van der Waals surface area (Å²) in [5.74, 6) is 3.88. The van der Waals surface area contributed by atoms with Gasteiger partial charge in [-0.25, -0.2) is 0 Å². The molecule has 1 spiro atoms. The van der Waals surface area contributed by atoms with Gasteiger partial charge in [-0.15, -0.1) is 0 Å². The maximum atomic E-state index is 7.56. The number of nitrogens with zero attached hydrogens (tertiary/aromatic N) is 6. The molecule has 5 heterocycles. The van der Waals surface area contributed by atoms with E-state index >= 15 is 0 Å². The number of benzene rings is 15. The fraction of sp³-hybridized carbons (Fsp3) is 0.174. The normalized spacial score (nSPS) is 18.1. The van der Waals surface area contributed by atoms with E-state index in [4.69, 9.17) is 4.74 Å². The summed E-state index contributed by atoms with van der Waals surface area (Å²) in [4.78, 5) is 16.0. The number of anilines is 17. The summed E-state index contributed by atoms with van der Waals surface area (Å²) < 4.78 is 7.56. The van der Waals surface area contributed by atoms with Gasteiger partial charge in [0.1, 0.15) is 11.5 Å². The molecule has 9 aliphatic rings. The Bertz CT molecular complexity index is 6230. The van der Waals surface area contributed by atoms with Crippen molar-refractivity contribution in [1.29, 1.82) is 0 Å². The minimum atomic E-state index is -0.838. The van der Waals surface area contributed by atoms with Gasteiger partial charge in [0, 0.05) is 97.4 Å². The first-order chi connectivity index (χ1) is 58.6. The average molecular weight is 1520 g/mol. The molecule has 4 aliphatic carbocycles. The fourth-order valence-corrected chi connectivity index (χ4v) is 23.9. The van der Waals surface area contributed by atoms with Crippen molar-refractivity contribution in [2.45, 2.75) is 94.9 Å². The summed E-state index contributed by atoms with van der Waals surface area (Å²) in [6.45, 7) is -0.407. The van der Waals surface area contributed by atoms with Gasteiger partial charge in [0.05, 0.1) is 16.8 Å². The standard InChI is InChI=1S/C109H90B2N6O/c1-10-37-73(38-11-1)84-57-36-58-85(74-39-12-2-13-40-74)108(84)117-97-71-99-94(110-92-61-32-34-63-96(92)114(79-49-22-7-23-50-79)101-65-82(66-102(106(101)110)115(99)80-51-24-8-25-52-80)112(75-41-14-3-15-42-75)76-43-16-4-17-44-76)69-90(97)109(88-59-30-28-55-86(88)87-56-29-31-60-89(87)109)91-70-95-100(72-98(91)117)116(81-53-26-9-27-54-81)103-67-83(68-105-107(103)111(95)93-62-33-35-64-104(93)118-105)113(77-45-18-5-19-46-77)78-47-20-6-21-48-78/h3-9,14-35,41-56,59-74,84-85,108H,1-2,10-13,36-40,57-58H2. The second kappa shape index (κ2) is 28.2. The Morgan fingerprint density at radius 3 is 1.10 bits per heavy atom. The van der Waals surface area contributed by atoms with Crippen molar-refractivity contribution in [3.05, 3.63) is 380 Å². The van der Waals surface area contributed by atoms with Gasteiger partial charge in [-0.3, -0.25) is 0 Å². The quantitative estimate of drug-likeness (QED) is 0.113. The third-order valence-electron chi connectivity index (χ3n) is 28.5. The van der Waals surface area contributed by atoms with Gasteiger partial charge in [-0.1, -0.05) is 295 Å². The summed E-state index contributed by atoms with van der Waals surface area (Å²) in [7, 11) is 0. The van der Waals surface area contributed by atoms with E-state index in [-0.39, 0.29) is 19.5 Å². The van der Waals surface area contributed by atoms with E-state index in [0.717, 1.165) is 68.4 Å². The first-order valence-electron chi connectivity index (χ1n) is 43.5. The second-order valence-electron chi connectivity index (χ2n) is 34.5. The lowest BCUT2D eigenvalue weighted by Crippen LogP contribution is -2.62. The monoisotopic (exact) mass is 1520 g/mol. The van der Waals surface area contributed by atoms with Crippen LogP contribution in [0.1, 0.15) is 106 Å². The Morgan fingerprint density at radius 2 is 0.636 bits per heavy atom. The number of hydrogen-bond acceptors (Lipinski definition) is 7. The topological polar surface area (TPSA) is 28.7 Å². The molecule has 3 saturated carbocycles. The molecule has 3 fully saturated rings. The Labute approximate surface area is 693 Å². The van der Waals surface area contributed by atoms with Gasteiger partial charge >= 0.3 is 0 Å². The number of ether oxygens (including phenoxy) is 1. The number of fused-ring (bicyclic) bond motifs is 17. The highest BCUT2D eigenvalue weighted by atomic mass is 16.5. The van der Waals surface area contributed by atoms with Crippen molar-refractivity contribution in [2.75, 3.05) is 29.4 Å². The minimum Gasteiger partial charge on any atom is -0.458 e. The number of para-hydroxylation sites is 9. The molecule has 7 nitrogen and oxygen atoms in total. The maximum absolute atomic E-state index is 7.56. The summed E-state index contributed by atoms with van der Waals surface area (Å²) in [6, 6.07) is 137. The molecule has 5 aliphatic heterocycles. The van der Waals surface area contributed by atoms with E-state index in [1.165, 1.54) is 189 Å². The zero-order valence-electron chi connectivity index (χ0n) is 66.4. The Kier molecular flexibility index (Phi) is 16.5. The van der Waals surface area contributed by atoms with Crippen LogP contribution in [0.4, 0.5) is 96.7 Å². The zero-order chi connectivity index (χ0) is 77.5. The highest BCUT2D eigenvalue weighted by Gasteiger charge is 2.58. The third-order valence-corrected chi connectivity index (χ3v) is 28.5. The van der Waals surface area contributed by atoms with Crippen LogP contribution >= 0.6 is 0 Å². The predicted octanol–water partition coefficient (Wildman–Crippen LogP) is 24.9. The molecule has 0 bridgehead atoms. The highest BCUT2D eigenvalue weighted by molar-refractivity contribution is 7.01. The van der Waals surface area contributed by atoms with Crippen molar-refractivity contribution >= 4 is 143 Å². The van der Waals surface area contributed by atoms with E-state index in [1.807, 2.05) is 0 Å². The van der Waals surface area contributed by atoms with Crippen LogP contribution in [0.5, 0.6) is 11.5 Å². The van der Waals surface area contributed by atoms with Gasteiger partial charge < -0.3 is 34.1 Å². The van der Waals surface area contributed by atoms with Crippen LogP contribution < -0.4 is 66.9 Å². The lowest BCUT2D eigenvalue weighted by molar-refractivity contribution is 0.0834. The molecular formula is C109H90B2N6O. The van der Waals surface area contributed by atoms with E-state index in [0.29, 0.717) is 23.7 Å². The molecule has 2 unspecified atom stereocenters. The largest absolute Gasteiger partial charge is 0.458 e. The first-order valence-corrected chi connectivity index (χ1v) is 43.5. The minimum absolute atomic E-state index is 0.186. The van der Waals surface area contributed by atoms with Gasteiger partial charge in [0.25, 0.3) is 13.4 Å². The van der Waals surface area contributed by atoms with Crippen molar-refractivity contribution in [3.8, 4) is 22.6 Å². The lowest BCUT2D eigenvalue weighted by atomic mass is 9.33. The van der Waals surface area contributed by atoms with Crippen LogP contribution in [0.25, 0.3) is 11.1 Å². The van der Waals surface area contributed by atoms with Crippen LogP contribution in [-0.2, 0) is 5.41 Å². The second-order valence-corrected chi connectivity index (χ2v) is 34.5. The molecule has 15 aromatic carbocycles. The van der Waals surface area contributed by atoms with E-state index < -0.39 is 5.41 Å². The Balaban J connectivity index is 0.852. The van der Waals surface area contributed by atoms with Crippen LogP contribution in [-0.4, -0.2) is 19.5 Å². The van der Waals surface area contributed by atoms with Crippen LogP contribution in [0.3, 0.4) is 0 Å². The Hall–Kier alpha value is -13.0. The van der Waals surface area contributed by atoms with Crippen molar-refractivity contribution in [2.24, 2.45) is 23.7 Å². The molecule has 568 valence electrons. The first kappa shape index (κ1) is 69.3. The summed E-state index contributed by atoms with van der Waals surface area (Å²) in [6.07, 6.45) is 16.7. The molecule has 9 heteroatoms. The van der Waals surface area contributed by atoms with Crippen LogP contribution in [0.15, 0.2) is 358 Å². The van der Waals surface area contributed by atoms with Crippen molar-refractivity contribution < 1.29 is 4.74 Å². The van der Waals surface area contributed by atoms with Gasteiger partial charge in [-0.05, 0) is 230 Å². The van der Waals surface area contributed by atoms with Gasteiger partial charge in [-0.2, -0.15) is 0 Å². The highest BCUT2D eigenvalue weighted by Crippen LogP contribution is 2.66. The van der Waals surface area contributed by atoms with E-state index in [1.54, 1.807) is 0 Å². The zero-order valence-corrected chi connectivity index (χ0v) is 66.4. The number of hydrogen-bond donors (Lipinski definition) is 0. The average Bonchev–Trinajstić information content (AvgIpc) is 1.30. The van der Waals surface area contributed by atoms with E-state index in [9.17, 15) is 0 Å². The maximum Gasteiger partial charge on any atom is 0.256 e. The summed E-state index contributed by atoms with van der Waals surface area (Å²) >= 11 is 0. The molecule has 0 N–H and O–H groups in total. The molecule has 0 saturated heterocycles. The van der Waals surface area contributed by atoms with Crippen LogP contribution in [0.2, 0.25) is 0 Å². The SMILES string of the molecule is c1ccc(N(c2ccccc2)c2cc3c4c(c2)N(c2ccccc2)c2cc5c(cc2B4c2ccccc2O3)C2(c3ccccc3-c3ccccc32)c2cc3c(cc2N5C2C(C4CCCCC4)CCCC2C2CCCCC2)N(c2ccccc2)c2cc(N(c4ccccc4)c4ccccc4)cc4c2B3c2ccccc2N4c2ccccc2)cc1. The van der Waals surface area contributed by atoms with E-state index in [2.05, 4.69) is 387 Å². The molecule has 0 aromatic heterocycles. The Morgan fingerprint density at radius 1 is 0.263 bits per heavy atom. The molecule has 0 amide bonds. The van der Waals surface area contributed by atoms with Crippen LogP contribution in [0, 0.1) is 23.7 Å². The van der Waals surface area contributed by atoms with Crippen molar-refractivity contribution in [1.82, 2.24) is 0 Å². The molecular weight excluding hydrogens is 1430 g/mol. The molecule has 118 heavy (non-hydrogen) atoms. The molecule has 2 atom stereocenters. The van der Waals surface area contributed by atoms with Gasteiger partial charge in [0.2, 0.25) is 0 Å². The molecule has 0 radical (unpaired) electrons. The van der Waals surface area contributed by atoms with Gasteiger partial charge in [0.15, 0.2) is 0 Å². The van der Waals surface area contributed by atoms with Crippen molar-refractivity contribution in [3.63, 3.8) is 0 Å². The predicted molar refractivity (Wildman–Crippen MR) is 493 cm³/mol. The molecule has 24 rings (SSSR count). The summed E-state index contributed by atoms with van der Waals surface area (Å²) in [5, 5.41) is 0. The third kappa shape index (κ3) is 10.7. The number of rotatable bonds is 12. The fourth-order valence-electron chi connectivity index (χ4n) is 23.9.